The Balaban J connectivity index is 1.79. The molecule has 1 saturated heterocycles. The van der Waals surface area contributed by atoms with Gasteiger partial charge in [0.1, 0.15) is 5.82 Å². The Morgan fingerprint density at radius 1 is 1.15 bits per heavy atom. The van der Waals surface area contributed by atoms with Crippen molar-refractivity contribution in [1.82, 2.24) is 20.4 Å². The minimum Gasteiger partial charge on any atom is -0.357 e. The predicted molar refractivity (Wildman–Crippen MR) is 107 cm³/mol. The highest BCUT2D eigenvalue weighted by Crippen LogP contribution is 2.07. The zero-order valence-corrected chi connectivity index (χ0v) is 16.5. The first-order chi connectivity index (χ1) is 12.6. The molecular weight excluding hydrogens is 329 g/mol. The summed E-state index contributed by atoms with van der Waals surface area (Å²) in [4.78, 5) is 9.73. The number of benzene rings is 1. The summed E-state index contributed by atoms with van der Waals surface area (Å²) in [5.41, 5.74) is 0.734. The van der Waals surface area contributed by atoms with E-state index in [1.54, 1.807) is 6.07 Å². The van der Waals surface area contributed by atoms with Crippen LogP contribution in [0.4, 0.5) is 4.39 Å². The maximum atomic E-state index is 13.7. The van der Waals surface area contributed by atoms with Crippen LogP contribution in [0.1, 0.15) is 26.3 Å². The first-order valence-corrected chi connectivity index (χ1v) is 9.86. The highest BCUT2D eigenvalue weighted by Gasteiger charge is 2.19. The lowest BCUT2D eigenvalue weighted by Crippen LogP contribution is -2.50. The summed E-state index contributed by atoms with van der Waals surface area (Å²) in [6.45, 7) is 14.4. The van der Waals surface area contributed by atoms with Crippen LogP contribution in [0.25, 0.3) is 0 Å². The Morgan fingerprint density at radius 3 is 2.54 bits per heavy atom. The molecule has 1 unspecified atom stereocenters. The van der Waals surface area contributed by atoms with Crippen molar-refractivity contribution in [2.45, 2.75) is 33.2 Å². The second kappa shape index (κ2) is 11.1. The second-order valence-corrected chi connectivity index (χ2v) is 6.81. The molecule has 6 heteroatoms. The molecule has 1 atom stereocenters. The van der Waals surface area contributed by atoms with E-state index in [4.69, 9.17) is 4.99 Å². The number of nitrogens with one attached hydrogen (secondary N) is 2. The van der Waals surface area contributed by atoms with E-state index in [0.717, 1.165) is 57.3 Å². The lowest BCUT2D eigenvalue weighted by Gasteiger charge is -2.37. The van der Waals surface area contributed by atoms with E-state index in [2.05, 4.69) is 41.2 Å². The molecule has 5 nitrogen and oxygen atoms in total. The number of guanidine groups is 1. The van der Waals surface area contributed by atoms with E-state index in [9.17, 15) is 4.39 Å². The SMILES string of the molecule is CCNC(=NCC(C)N1CCN(CC)CC1)NCCc1ccccc1F. The Morgan fingerprint density at radius 2 is 1.88 bits per heavy atom. The number of piperazine rings is 1. The highest BCUT2D eigenvalue weighted by atomic mass is 19.1. The normalized spacial score (nSPS) is 17.9. The van der Waals surface area contributed by atoms with Gasteiger partial charge in [-0.2, -0.15) is 0 Å². The molecule has 1 aromatic rings. The van der Waals surface area contributed by atoms with Crippen molar-refractivity contribution in [3.8, 4) is 0 Å². The van der Waals surface area contributed by atoms with Gasteiger partial charge in [0.2, 0.25) is 0 Å². The average molecular weight is 364 g/mol. The molecule has 1 aliphatic heterocycles. The Labute approximate surface area is 157 Å². The molecule has 1 aromatic carbocycles. The maximum Gasteiger partial charge on any atom is 0.191 e. The van der Waals surface area contributed by atoms with Crippen LogP contribution >= 0.6 is 0 Å². The topological polar surface area (TPSA) is 42.9 Å². The zero-order valence-electron chi connectivity index (χ0n) is 16.5. The van der Waals surface area contributed by atoms with E-state index in [1.165, 1.54) is 6.07 Å². The first-order valence-electron chi connectivity index (χ1n) is 9.86. The summed E-state index contributed by atoms with van der Waals surface area (Å²) in [6, 6.07) is 7.36. The quantitative estimate of drug-likeness (QED) is 0.547. The molecule has 1 heterocycles. The lowest BCUT2D eigenvalue weighted by atomic mass is 10.1. The van der Waals surface area contributed by atoms with Gasteiger partial charge in [0.25, 0.3) is 0 Å². The largest absolute Gasteiger partial charge is 0.357 e. The third kappa shape index (κ3) is 6.57. The summed E-state index contributed by atoms with van der Waals surface area (Å²) in [5.74, 6) is 0.666. The monoisotopic (exact) mass is 363 g/mol. The molecule has 1 fully saturated rings. The molecule has 0 amide bonds. The second-order valence-electron chi connectivity index (χ2n) is 6.81. The van der Waals surface area contributed by atoms with Gasteiger partial charge in [-0.25, -0.2) is 4.39 Å². The Kier molecular flexibility index (Phi) is 8.85. The van der Waals surface area contributed by atoms with Crippen LogP contribution in [0.3, 0.4) is 0 Å². The third-order valence-electron chi connectivity index (χ3n) is 4.98. The number of hydrogen-bond donors (Lipinski definition) is 2. The highest BCUT2D eigenvalue weighted by molar-refractivity contribution is 5.79. The van der Waals surface area contributed by atoms with Gasteiger partial charge >= 0.3 is 0 Å². The predicted octanol–water partition coefficient (Wildman–Crippen LogP) is 1.95. The molecule has 1 aliphatic rings. The standard InChI is InChI=1S/C20H34FN5/c1-4-22-20(23-11-10-18-8-6-7-9-19(18)21)24-16-17(3)26-14-12-25(5-2)13-15-26/h6-9,17H,4-5,10-16H2,1-3H3,(H2,22,23,24). The van der Waals surface area contributed by atoms with Gasteiger partial charge < -0.3 is 15.5 Å². The van der Waals surface area contributed by atoms with Crippen molar-refractivity contribution in [3.05, 3.63) is 35.6 Å². The van der Waals surface area contributed by atoms with Crippen LogP contribution < -0.4 is 10.6 Å². The molecule has 2 N–H and O–H groups in total. The smallest absolute Gasteiger partial charge is 0.191 e. The molecule has 0 aromatic heterocycles. The maximum absolute atomic E-state index is 13.7. The van der Waals surface area contributed by atoms with Gasteiger partial charge in [-0.05, 0) is 38.4 Å². The molecule has 0 radical (unpaired) electrons. The molecular formula is C20H34FN5. The van der Waals surface area contributed by atoms with Crippen molar-refractivity contribution >= 4 is 5.96 Å². The van der Waals surface area contributed by atoms with Crippen molar-refractivity contribution in [2.75, 3.05) is 52.4 Å². The average Bonchev–Trinajstić information content (AvgIpc) is 2.67. The van der Waals surface area contributed by atoms with Gasteiger partial charge in [0, 0.05) is 45.3 Å². The fourth-order valence-electron chi connectivity index (χ4n) is 3.22. The van der Waals surface area contributed by atoms with Crippen LogP contribution in [-0.4, -0.2) is 74.2 Å². The lowest BCUT2D eigenvalue weighted by molar-refractivity contribution is 0.109. The summed E-state index contributed by atoms with van der Waals surface area (Å²) < 4.78 is 13.7. The number of halogens is 1. The van der Waals surface area contributed by atoms with Gasteiger partial charge in [-0.3, -0.25) is 9.89 Å². The molecule has 26 heavy (non-hydrogen) atoms. The summed E-state index contributed by atoms with van der Waals surface area (Å²) in [7, 11) is 0. The first kappa shape index (κ1) is 20.6. The molecule has 0 aliphatic carbocycles. The Hall–Kier alpha value is -1.66. The van der Waals surface area contributed by atoms with E-state index in [-0.39, 0.29) is 5.82 Å². The Bertz CT molecular complexity index is 555. The summed E-state index contributed by atoms with van der Waals surface area (Å²) >= 11 is 0. The third-order valence-corrected chi connectivity index (χ3v) is 4.98. The van der Waals surface area contributed by atoms with E-state index in [0.29, 0.717) is 19.0 Å². The van der Waals surface area contributed by atoms with Gasteiger partial charge in [0.05, 0.1) is 6.54 Å². The van der Waals surface area contributed by atoms with Gasteiger partial charge in [-0.1, -0.05) is 25.1 Å². The van der Waals surface area contributed by atoms with Crippen molar-refractivity contribution in [1.29, 1.82) is 0 Å². The fraction of sp³-hybridized carbons (Fsp3) is 0.650. The van der Waals surface area contributed by atoms with Crippen LogP contribution in [-0.2, 0) is 6.42 Å². The number of likely N-dealkylation sites (N-methyl/N-ethyl adjacent to an activating group) is 1. The number of aliphatic imine (C=N–C) groups is 1. The molecule has 146 valence electrons. The molecule has 2 rings (SSSR count). The number of hydrogen-bond acceptors (Lipinski definition) is 3. The van der Waals surface area contributed by atoms with Gasteiger partial charge in [-0.15, -0.1) is 0 Å². The summed E-state index contributed by atoms with van der Waals surface area (Å²) in [5, 5.41) is 6.59. The number of nitrogens with zero attached hydrogens (tertiary/aromatic N) is 3. The summed E-state index contributed by atoms with van der Waals surface area (Å²) in [6.07, 6.45) is 0.644. The van der Waals surface area contributed by atoms with Crippen LogP contribution in [0.2, 0.25) is 0 Å². The van der Waals surface area contributed by atoms with E-state index >= 15 is 0 Å². The van der Waals surface area contributed by atoms with Crippen molar-refractivity contribution in [2.24, 2.45) is 4.99 Å². The number of rotatable bonds is 8. The zero-order chi connectivity index (χ0) is 18.8. The molecule has 0 saturated carbocycles. The molecule has 0 bridgehead atoms. The van der Waals surface area contributed by atoms with Crippen molar-refractivity contribution < 1.29 is 4.39 Å². The minimum absolute atomic E-state index is 0.143. The van der Waals surface area contributed by atoms with Crippen LogP contribution in [0.15, 0.2) is 29.3 Å². The minimum atomic E-state index is -0.143. The van der Waals surface area contributed by atoms with E-state index < -0.39 is 0 Å². The van der Waals surface area contributed by atoms with Crippen LogP contribution in [0, 0.1) is 5.82 Å². The van der Waals surface area contributed by atoms with Crippen molar-refractivity contribution in [3.63, 3.8) is 0 Å². The van der Waals surface area contributed by atoms with E-state index in [1.807, 2.05) is 12.1 Å². The van der Waals surface area contributed by atoms with Crippen LogP contribution in [0.5, 0.6) is 0 Å². The van der Waals surface area contributed by atoms with Gasteiger partial charge in [0.15, 0.2) is 5.96 Å². The molecule has 0 spiro atoms. The fourth-order valence-corrected chi connectivity index (χ4v) is 3.22.